The number of hydrogen-bond acceptors (Lipinski definition) is 3. The molecule has 1 aliphatic heterocycles. The lowest BCUT2D eigenvalue weighted by Crippen LogP contribution is -2.50. The first-order valence-corrected chi connectivity index (χ1v) is 7.70. The number of furan rings is 1. The number of aryl methyl sites for hydroxylation is 1. The molecule has 2 heterocycles. The van der Waals surface area contributed by atoms with Crippen molar-refractivity contribution in [2.75, 3.05) is 19.6 Å². The number of rotatable bonds is 6. The van der Waals surface area contributed by atoms with Crippen LogP contribution in [0.25, 0.3) is 0 Å². The molecule has 3 nitrogen and oxygen atoms in total. The molecule has 108 valence electrons. The van der Waals surface area contributed by atoms with E-state index in [1.165, 1.54) is 25.9 Å². The van der Waals surface area contributed by atoms with Crippen LogP contribution < -0.4 is 5.32 Å². The van der Waals surface area contributed by atoms with Crippen molar-refractivity contribution in [3.8, 4) is 0 Å². The van der Waals surface area contributed by atoms with Gasteiger partial charge >= 0.3 is 0 Å². The van der Waals surface area contributed by atoms with Crippen LogP contribution >= 0.6 is 0 Å². The minimum atomic E-state index is 0.648. The van der Waals surface area contributed by atoms with Crippen molar-refractivity contribution >= 4 is 0 Å². The van der Waals surface area contributed by atoms with Gasteiger partial charge in [-0.3, -0.25) is 0 Å². The van der Waals surface area contributed by atoms with E-state index >= 15 is 0 Å². The second kappa shape index (κ2) is 7.11. The Bertz CT molecular complexity index is 350. The van der Waals surface area contributed by atoms with Crippen molar-refractivity contribution in [3.63, 3.8) is 0 Å². The highest BCUT2D eigenvalue weighted by Crippen LogP contribution is 2.20. The number of likely N-dealkylation sites (tertiary alicyclic amines) is 1. The highest BCUT2D eigenvalue weighted by Gasteiger charge is 2.27. The van der Waals surface area contributed by atoms with Gasteiger partial charge in [-0.05, 0) is 50.9 Å². The monoisotopic (exact) mass is 264 g/mol. The summed E-state index contributed by atoms with van der Waals surface area (Å²) in [4.78, 5) is 2.64. The van der Waals surface area contributed by atoms with Crippen molar-refractivity contribution in [2.45, 2.75) is 52.1 Å². The summed E-state index contributed by atoms with van der Waals surface area (Å²) in [5.41, 5.74) is 0. The molecular formula is C16H28N2O. The van der Waals surface area contributed by atoms with Gasteiger partial charge in [0, 0.05) is 25.0 Å². The lowest BCUT2D eigenvalue weighted by molar-refractivity contribution is 0.107. The standard InChI is InChI=1S/C16H28N2O/c1-4-17-16-9-10-18(12-13(16)2)14(3)7-8-15-6-5-11-19-15/h5-6,11,13-14,16-17H,4,7-10,12H2,1-3H3. The predicted octanol–water partition coefficient (Wildman–Crippen LogP) is 2.92. The van der Waals surface area contributed by atoms with Crippen LogP contribution in [0.4, 0.5) is 0 Å². The van der Waals surface area contributed by atoms with Crippen molar-refractivity contribution in [3.05, 3.63) is 24.2 Å². The lowest BCUT2D eigenvalue weighted by atomic mass is 9.92. The largest absolute Gasteiger partial charge is 0.469 e. The molecule has 3 heteroatoms. The van der Waals surface area contributed by atoms with Gasteiger partial charge in [0.1, 0.15) is 5.76 Å². The fraction of sp³-hybridized carbons (Fsp3) is 0.750. The maximum absolute atomic E-state index is 5.41. The van der Waals surface area contributed by atoms with E-state index in [0.717, 1.165) is 24.6 Å². The van der Waals surface area contributed by atoms with Gasteiger partial charge in [-0.2, -0.15) is 0 Å². The number of piperidine rings is 1. The summed E-state index contributed by atoms with van der Waals surface area (Å²) >= 11 is 0. The predicted molar refractivity (Wildman–Crippen MR) is 79.3 cm³/mol. The summed E-state index contributed by atoms with van der Waals surface area (Å²) in [5.74, 6) is 1.86. The molecule has 1 aromatic heterocycles. The second-order valence-electron chi connectivity index (χ2n) is 5.89. The topological polar surface area (TPSA) is 28.4 Å². The van der Waals surface area contributed by atoms with Gasteiger partial charge < -0.3 is 14.6 Å². The van der Waals surface area contributed by atoms with E-state index in [4.69, 9.17) is 4.42 Å². The highest BCUT2D eigenvalue weighted by molar-refractivity contribution is 4.98. The minimum absolute atomic E-state index is 0.648. The zero-order valence-corrected chi connectivity index (χ0v) is 12.6. The van der Waals surface area contributed by atoms with Crippen LogP contribution in [0.1, 0.15) is 39.4 Å². The molecule has 1 aromatic rings. The van der Waals surface area contributed by atoms with Gasteiger partial charge in [0.15, 0.2) is 0 Å². The SMILES string of the molecule is CCNC1CCN(C(C)CCc2ccco2)CC1C. The first-order valence-electron chi connectivity index (χ1n) is 7.70. The first-order chi connectivity index (χ1) is 9.20. The van der Waals surface area contributed by atoms with Gasteiger partial charge in [-0.1, -0.05) is 13.8 Å². The fourth-order valence-electron chi connectivity index (χ4n) is 3.13. The zero-order valence-electron chi connectivity index (χ0n) is 12.6. The van der Waals surface area contributed by atoms with E-state index in [1.807, 2.05) is 6.07 Å². The van der Waals surface area contributed by atoms with E-state index in [0.29, 0.717) is 12.1 Å². The smallest absolute Gasteiger partial charge is 0.103 e. The molecule has 0 bridgehead atoms. The Labute approximate surface area is 117 Å². The number of nitrogens with zero attached hydrogens (tertiary/aromatic N) is 1. The Hall–Kier alpha value is -0.800. The normalized spacial score (nSPS) is 26.5. The summed E-state index contributed by atoms with van der Waals surface area (Å²) in [6.07, 6.45) is 5.28. The Morgan fingerprint density at radius 3 is 3.00 bits per heavy atom. The molecule has 1 N–H and O–H groups in total. The molecular weight excluding hydrogens is 236 g/mol. The van der Waals surface area contributed by atoms with Crippen LogP contribution in [0.5, 0.6) is 0 Å². The van der Waals surface area contributed by atoms with Crippen LogP contribution in [0.15, 0.2) is 22.8 Å². The van der Waals surface area contributed by atoms with Crippen molar-refractivity contribution in [1.29, 1.82) is 0 Å². The van der Waals surface area contributed by atoms with E-state index in [-0.39, 0.29) is 0 Å². The molecule has 1 fully saturated rings. The van der Waals surface area contributed by atoms with Crippen molar-refractivity contribution in [1.82, 2.24) is 10.2 Å². The average molecular weight is 264 g/mol. The molecule has 3 unspecified atom stereocenters. The summed E-state index contributed by atoms with van der Waals surface area (Å²) in [6.45, 7) is 10.5. The Balaban J connectivity index is 1.76. The van der Waals surface area contributed by atoms with Gasteiger partial charge in [0.2, 0.25) is 0 Å². The summed E-state index contributed by atoms with van der Waals surface area (Å²) < 4.78 is 5.41. The van der Waals surface area contributed by atoms with Gasteiger partial charge in [-0.25, -0.2) is 0 Å². The molecule has 0 saturated carbocycles. The molecule has 0 aromatic carbocycles. The lowest BCUT2D eigenvalue weighted by Gasteiger charge is -2.40. The third kappa shape index (κ3) is 4.08. The summed E-state index contributed by atoms with van der Waals surface area (Å²) in [5, 5.41) is 3.61. The van der Waals surface area contributed by atoms with Crippen LogP contribution in [0.3, 0.4) is 0 Å². The third-order valence-electron chi connectivity index (χ3n) is 4.41. The highest BCUT2D eigenvalue weighted by atomic mass is 16.3. The first kappa shape index (κ1) is 14.6. The van der Waals surface area contributed by atoms with E-state index in [2.05, 4.69) is 37.1 Å². The van der Waals surface area contributed by atoms with E-state index < -0.39 is 0 Å². The summed E-state index contributed by atoms with van der Waals surface area (Å²) in [7, 11) is 0. The molecule has 0 radical (unpaired) electrons. The number of hydrogen-bond donors (Lipinski definition) is 1. The Kier molecular flexibility index (Phi) is 5.46. The molecule has 1 aliphatic rings. The second-order valence-corrected chi connectivity index (χ2v) is 5.89. The van der Waals surface area contributed by atoms with Crippen molar-refractivity contribution < 1.29 is 4.42 Å². The molecule has 1 saturated heterocycles. The van der Waals surface area contributed by atoms with Crippen LogP contribution in [-0.2, 0) is 6.42 Å². The van der Waals surface area contributed by atoms with Crippen molar-refractivity contribution in [2.24, 2.45) is 5.92 Å². The van der Waals surface area contributed by atoms with Crippen LogP contribution in [0.2, 0.25) is 0 Å². The molecule has 2 rings (SSSR count). The zero-order chi connectivity index (χ0) is 13.7. The van der Waals surface area contributed by atoms with Crippen LogP contribution in [0, 0.1) is 5.92 Å². The molecule has 0 aliphatic carbocycles. The Morgan fingerprint density at radius 1 is 1.53 bits per heavy atom. The van der Waals surface area contributed by atoms with Gasteiger partial charge in [0.25, 0.3) is 0 Å². The molecule has 19 heavy (non-hydrogen) atoms. The molecule has 3 atom stereocenters. The van der Waals surface area contributed by atoms with Crippen LogP contribution in [-0.4, -0.2) is 36.6 Å². The third-order valence-corrected chi connectivity index (χ3v) is 4.41. The fourth-order valence-corrected chi connectivity index (χ4v) is 3.13. The van der Waals surface area contributed by atoms with E-state index in [1.54, 1.807) is 6.26 Å². The Morgan fingerprint density at radius 2 is 2.37 bits per heavy atom. The summed E-state index contributed by atoms with van der Waals surface area (Å²) in [6, 6.07) is 5.41. The van der Waals surface area contributed by atoms with E-state index in [9.17, 15) is 0 Å². The minimum Gasteiger partial charge on any atom is -0.469 e. The molecule has 0 amide bonds. The van der Waals surface area contributed by atoms with Gasteiger partial charge in [-0.15, -0.1) is 0 Å². The maximum atomic E-state index is 5.41. The maximum Gasteiger partial charge on any atom is 0.103 e. The van der Waals surface area contributed by atoms with Gasteiger partial charge in [0.05, 0.1) is 6.26 Å². The average Bonchev–Trinajstić information content (AvgIpc) is 2.91. The number of nitrogens with one attached hydrogen (secondary N) is 1. The molecule has 0 spiro atoms. The quantitative estimate of drug-likeness (QED) is 0.856.